The number of benzene rings is 1. The topological polar surface area (TPSA) is 189 Å². The number of carboxylic acids is 3. The number of rotatable bonds is 10. The molecule has 2 amide bonds. The Bertz CT molecular complexity index is 1150. The van der Waals surface area contributed by atoms with Crippen molar-refractivity contribution in [3.05, 3.63) is 35.4 Å². The highest BCUT2D eigenvalue weighted by Gasteiger charge is 2.33. The minimum atomic E-state index is -0.981. The van der Waals surface area contributed by atoms with Crippen LogP contribution in [0.1, 0.15) is 41.6 Å². The quantitative estimate of drug-likeness (QED) is 0.294. The monoisotopic (exact) mass is 605 g/mol. The van der Waals surface area contributed by atoms with Gasteiger partial charge in [0, 0.05) is 65.2 Å². The van der Waals surface area contributed by atoms with Crippen molar-refractivity contribution < 1.29 is 48.9 Å². The molecule has 2 heterocycles. The summed E-state index contributed by atoms with van der Waals surface area (Å²) in [4.78, 5) is 82.7. The minimum absolute atomic E-state index is 0.00200. The van der Waals surface area contributed by atoms with E-state index in [-0.39, 0.29) is 38.0 Å². The number of carbonyl (C=O) groups is 6. The van der Waals surface area contributed by atoms with Gasteiger partial charge < -0.3 is 20.2 Å². The van der Waals surface area contributed by atoms with E-state index in [9.17, 15) is 44.1 Å². The van der Waals surface area contributed by atoms with Crippen molar-refractivity contribution >= 4 is 35.7 Å². The molecule has 0 bridgehead atoms. The third-order valence-corrected chi connectivity index (χ3v) is 7.21. The van der Waals surface area contributed by atoms with Gasteiger partial charge in [-0.15, -0.1) is 5.06 Å². The van der Waals surface area contributed by atoms with Gasteiger partial charge in [0.2, 0.25) is 0 Å². The van der Waals surface area contributed by atoms with E-state index in [1.165, 1.54) is 0 Å². The average molecular weight is 606 g/mol. The molecule has 0 aliphatic carbocycles. The number of imide groups is 1. The van der Waals surface area contributed by atoms with Gasteiger partial charge in [0.1, 0.15) is 0 Å². The molecule has 2 aliphatic heterocycles. The molecule has 43 heavy (non-hydrogen) atoms. The number of nitrogens with zero attached hydrogens (tertiary/aromatic N) is 5. The van der Waals surface area contributed by atoms with Crippen LogP contribution in [-0.2, 0) is 35.4 Å². The third-order valence-electron chi connectivity index (χ3n) is 7.21. The highest BCUT2D eigenvalue weighted by atomic mass is 16.7. The van der Waals surface area contributed by atoms with Crippen LogP contribution in [0.5, 0.6) is 0 Å². The zero-order valence-corrected chi connectivity index (χ0v) is 24.1. The number of hydroxylamine groups is 2. The molecule has 0 saturated carbocycles. The molecule has 0 spiro atoms. The largest absolute Gasteiger partial charge is 0.480 e. The molecule has 15 nitrogen and oxygen atoms in total. The molecule has 0 unspecified atom stereocenters. The van der Waals surface area contributed by atoms with Crippen LogP contribution in [0.25, 0.3) is 0 Å². The Kier molecular flexibility index (Phi) is 13.0. The maximum Gasteiger partial charge on any atom is 0.363 e. The summed E-state index contributed by atoms with van der Waals surface area (Å²) in [5.74, 6) is -4.85. The van der Waals surface area contributed by atoms with Crippen molar-refractivity contribution in [3.8, 4) is 0 Å². The third kappa shape index (κ3) is 11.7. The van der Waals surface area contributed by atoms with Gasteiger partial charge in [-0.2, -0.15) is 0 Å². The van der Waals surface area contributed by atoms with Gasteiger partial charge in [0.25, 0.3) is 11.8 Å². The van der Waals surface area contributed by atoms with Gasteiger partial charge in [0.15, 0.2) is 0 Å². The van der Waals surface area contributed by atoms with E-state index < -0.39 is 35.7 Å². The lowest BCUT2D eigenvalue weighted by molar-refractivity contribution is -0.172. The lowest BCUT2D eigenvalue weighted by Gasteiger charge is -2.31. The van der Waals surface area contributed by atoms with Gasteiger partial charge in [-0.05, 0) is 37.1 Å². The molecule has 15 heteroatoms. The molecule has 0 radical (unpaired) electrons. The van der Waals surface area contributed by atoms with Crippen LogP contribution in [0.4, 0.5) is 0 Å². The minimum Gasteiger partial charge on any atom is -0.480 e. The lowest BCUT2D eigenvalue weighted by Crippen LogP contribution is -2.44. The normalized spacial score (nSPS) is 19.2. The molecule has 0 aromatic heterocycles. The summed E-state index contributed by atoms with van der Waals surface area (Å²) in [6.07, 6.45) is 1.17. The van der Waals surface area contributed by atoms with Crippen LogP contribution in [0.3, 0.4) is 0 Å². The molecular weight excluding hydrogens is 566 g/mol. The predicted molar refractivity (Wildman–Crippen MR) is 150 cm³/mol. The van der Waals surface area contributed by atoms with Crippen molar-refractivity contribution in [2.24, 2.45) is 0 Å². The number of aliphatic carboxylic acids is 3. The van der Waals surface area contributed by atoms with Crippen molar-refractivity contribution in [2.75, 3.05) is 72.0 Å². The molecule has 3 rings (SSSR count). The van der Waals surface area contributed by atoms with Crippen molar-refractivity contribution in [3.63, 3.8) is 0 Å². The number of hydrogen-bond acceptors (Lipinski definition) is 11. The van der Waals surface area contributed by atoms with E-state index in [0.29, 0.717) is 76.8 Å². The first-order valence-corrected chi connectivity index (χ1v) is 14.2. The molecule has 2 fully saturated rings. The highest BCUT2D eigenvalue weighted by Crippen LogP contribution is 2.15. The number of amides is 2. The Labute approximate surface area is 249 Å². The molecule has 2 aliphatic rings. The summed E-state index contributed by atoms with van der Waals surface area (Å²) in [5, 5.41) is 28.6. The fourth-order valence-electron chi connectivity index (χ4n) is 5.05. The summed E-state index contributed by atoms with van der Waals surface area (Å²) in [6, 6.07) is 6.55. The van der Waals surface area contributed by atoms with Gasteiger partial charge in [-0.25, -0.2) is 4.79 Å². The van der Waals surface area contributed by atoms with Crippen LogP contribution >= 0.6 is 0 Å². The summed E-state index contributed by atoms with van der Waals surface area (Å²) < 4.78 is 0. The second-order valence-electron chi connectivity index (χ2n) is 10.7. The molecule has 2 saturated heterocycles. The Balaban J connectivity index is 1.68. The van der Waals surface area contributed by atoms with E-state index >= 15 is 0 Å². The van der Waals surface area contributed by atoms with Gasteiger partial charge in [-0.3, -0.25) is 43.6 Å². The fraction of sp³-hybridized carbons (Fsp3) is 0.571. The lowest BCUT2D eigenvalue weighted by atomic mass is 10.1. The maximum absolute atomic E-state index is 12.5. The second kappa shape index (κ2) is 16.6. The van der Waals surface area contributed by atoms with E-state index in [0.717, 1.165) is 5.56 Å². The number of carboxylic acid groups (broad SMARTS) is 3. The molecular formula is C28H39N5O10. The first-order valence-electron chi connectivity index (χ1n) is 14.2. The fourth-order valence-corrected chi connectivity index (χ4v) is 5.05. The SMILES string of the molecule is O=C(O)CN1CCCN(CC(=O)O)CCN(Cc2ccc(C(=O)ON3C(=O)CCC3=O)cc2)CCCN(CC(=O)O)CC1. The standard InChI is InChI=1S/C28H39N5O10/c34-23-7-8-24(35)33(23)43-28(42)22-5-3-21(4-6-22)17-29-9-1-10-31(19-26(38)39)15-16-32(20-27(40)41)12-2-11-30(14-13-29)18-25(36)37/h3-6H,1-2,7-20H2,(H,36,37)(H,38,39)(H,40,41). The van der Waals surface area contributed by atoms with Crippen LogP contribution in [0.15, 0.2) is 24.3 Å². The van der Waals surface area contributed by atoms with E-state index in [2.05, 4.69) is 4.90 Å². The van der Waals surface area contributed by atoms with E-state index in [1.54, 1.807) is 34.1 Å². The predicted octanol–water partition coefficient (Wildman–Crippen LogP) is -0.337. The Morgan fingerprint density at radius 2 is 1.00 bits per heavy atom. The molecule has 0 atom stereocenters. The van der Waals surface area contributed by atoms with Gasteiger partial charge >= 0.3 is 23.9 Å². The molecule has 1 aromatic carbocycles. The molecule has 236 valence electrons. The summed E-state index contributed by atoms with van der Waals surface area (Å²) in [7, 11) is 0. The maximum atomic E-state index is 12.5. The van der Waals surface area contributed by atoms with Crippen LogP contribution in [-0.4, -0.2) is 148 Å². The Hall–Kier alpha value is -3.92. The van der Waals surface area contributed by atoms with Crippen molar-refractivity contribution in [2.45, 2.75) is 32.2 Å². The zero-order chi connectivity index (χ0) is 31.4. The zero-order valence-electron chi connectivity index (χ0n) is 24.1. The Morgan fingerprint density at radius 3 is 1.42 bits per heavy atom. The van der Waals surface area contributed by atoms with Crippen LogP contribution < -0.4 is 0 Å². The van der Waals surface area contributed by atoms with E-state index in [1.807, 2.05) is 4.90 Å². The van der Waals surface area contributed by atoms with Crippen molar-refractivity contribution in [1.82, 2.24) is 24.7 Å². The summed E-state index contributed by atoms with van der Waals surface area (Å²) in [6.45, 7) is 3.64. The van der Waals surface area contributed by atoms with Gasteiger partial charge in [-0.1, -0.05) is 12.1 Å². The molecule has 1 aromatic rings. The van der Waals surface area contributed by atoms with Crippen LogP contribution in [0, 0.1) is 0 Å². The Morgan fingerprint density at radius 1 is 0.605 bits per heavy atom. The van der Waals surface area contributed by atoms with Crippen LogP contribution in [0.2, 0.25) is 0 Å². The van der Waals surface area contributed by atoms with E-state index in [4.69, 9.17) is 4.84 Å². The molecule has 3 N–H and O–H groups in total. The average Bonchev–Trinajstić information content (AvgIpc) is 3.25. The smallest absolute Gasteiger partial charge is 0.363 e. The first-order chi connectivity index (χ1) is 20.5. The van der Waals surface area contributed by atoms with Gasteiger partial charge in [0.05, 0.1) is 25.2 Å². The van der Waals surface area contributed by atoms with Crippen molar-refractivity contribution in [1.29, 1.82) is 0 Å². The summed E-state index contributed by atoms with van der Waals surface area (Å²) in [5.41, 5.74) is 1.04. The summed E-state index contributed by atoms with van der Waals surface area (Å²) >= 11 is 0. The number of hydrogen-bond donors (Lipinski definition) is 3. The number of carbonyl (C=O) groups excluding carboxylic acids is 3. The second-order valence-corrected chi connectivity index (χ2v) is 10.7. The highest BCUT2D eigenvalue weighted by molar-refractivity contribution is 6.02. The first kappa shape index (κ1) is 33.6.